The lowest BCUT2D eigenvalue weighted by atomic mass is 10.1. The van der Waals surface area contributed by atoms with Crippen molar-refractivity contribution < 1.29 is 9.53 Å². The molecule has 2 aromatic heterocycles. The van der Waals surface area contributed by atoms with Crippen LogP contribution in [0.4, 0.5) is 5.69 Å². The third-order valence-corrected chi connectivity index (χ3v) is 9.20. The van der Waals surface area contributed by atoms with Gasteiger partial charge in [-0.05, 0) is 78.6 Å². The van der Waals surface area contributed by atoms with Crippen LogP contribution in [0.25, 0.3) is 43.6 Å². The molecule has 45 heavy (non-hydrogen) atoms. The highest BCUT2D eigenvalue weighted by Gasteiger charge is 2.17. The molecule has 6 heterocycles. The SMILES string of the molecule is C=C(C)C(=O)OCc1ccc(N2Cc3ccc4c(c3)c3ccccc3n4CCCn3c4ccccc4c4cc(ccc43)C2)cc1. The van der Waals surface area contributed by atoms with Crippen molar-refractivity contribution in [1.82, 2.24) is 9.13 Å². The van der Waals surface area contributed by atoms with Crippen LogP contribution in [0, 0.1) is 0 Å². The molecule has 5 nitrogen and oxygen atoms in total. The molecule has 8 bridgehead atoms. The van der Waals surface area contributed by atoms with E-state index in [0.717, 1.165) is 43.9 Å². The first-order valence-corrected chi connectivity index (χ1v) is 15.7. The van der Waals surface area contributed by atoms with Crippen LogP contribution < -0.4 is 4.90 Å². The van der Waals surface area contributed by atoms with E-state index >= 15 is 0 Å². The number of benzene rings is 5. The van der Waals surface area contributed by atoms with Gasteiger partial charge in [-0.25, -0.2) is 4.79 Å². The molecular weight excluding hydrogens is 554 g/mol. The largest absolute Gasteiger partial charge is 0.457 e. The van der Waals surface area contributed by atoms with Gasteiger partial charge in [0, 0.05) is 81.1 Å². The molecule has 4 aliphatic heterocycles. The molecule has 5 heteroatoms. The van der Waals surface area contributed by atoms with Gasteiger partial charge in [-0.1, -0.05) is 67.2 Å². The molecule has 222 valence electrons. The number of anilines is 1. The number of hydrogen-bond acceptors (Lipinski definition) is 3. The van der Waals surface area contributed by atoms with E-state index in [1.807, 2.05) is 12.1 Å². The van der Waals surface area contributed by atoms with Crippen LogP contribution in [0.3, 0.4) is 0 Å². The summed E-state index contributed by atoms with van der Waals surface area (Å²) in [6.45, 7) is 9.01. The molecule has 0 aliphatic carbocycles. The van der Waals surface area contributed by atoms with E-state index in [0.29, 0.717) is 5.57 Å². The minimum atomic E-state index is -0.367. The summed E-state index contributed by atoms with van der Waals surface area (Å²) in [5, 5.41) is 5.23. The number of ether oxygens (including phenoxy) is 1. The minimum Gasteiger partial charge on any atom is -0.457 e. The highest BCUT2D eigenvalue weighted by molar-refractivity contribution is 6.09. The zero-order valence-electron chi connectivity index (χ0n) is 25.5. The molecule has 5 aromatic carbocycles. The lowest BCUT2D eigenvalue weighted by Gasteiger charge is -2.26. The average molecular weight is 590 g/mol. The first-order chi connectivity index (χ1) is 22.0. The average Bonchev–Trinajstić information content (AvgIpc) is 3.55. The summed E-state index contributed by atoms with van der Waals surface area (Å²) in [6.07, 6.45) is 1.04. The van der Waals surface area contributed by atoms with Crippen molar-refractivity contribution in [3.63, 3.8) is 0 Å². The lowest BCUT2D eigenvalue weighted by molar-refractivity contribution is -0.140. The number of aromatic nitrogens is 2. The second-order valence-electron chi connectivity index (χ2n) is 12.3. The zero-order chi connectivity index (χ0) is 30.5. The Labute approximate surface area is 262 Å². The number of aryl methyl sites for hydroxylation is 2. The molecule has 4 aliphatic rings. The van der Waals surface area contributed by atoms with E-state index in [9.17, 15) is 4.79 Å². The number of carbonyl (C=O) groups is 1. The van der Waals surface area contributed by atoms with Crippen molar-refractivity contribution in [3.05, 3.63) is 138 Å². The molecule has 0 saturated heterocycles. The topological polar surface area (TPSA) is 39.4 Å². The molecule has 0 atom stereocenters. The molecule has 0 amide bonds. The predicted molar refractivity (Wildman–Crippen MR) is 184 cm³/mol. The smallest absolute Gasteiger partial charge is 0.333 e. The fraction of sp³-hybridized carbons (Fsp3) is 0.175. The van der Waals surface area contributed by atoms with Crippen molar-refractivity contribution in [3.8, 4) is 0 Å². The maximum Gasteiger partial charge on any atom is 0.333 e. The molecule has 0 radical (unpaired) electrons. The number of fused-ring (bicyclic) bond motifs is 2. The van der Waals surface area contributed by atoms with Crippen LogP contribution in [0.1, 0.15) is 30.0 Å². The number of para-hydroxylation sites is 2. The van der Waals surface area contributed by atoms with Gasteiger partial charge in [-0.15, -0.1) is 0 Å². The summed E-state index contributed by atoms with van der Waals surface area (Å²) in [4.78, 5) is 14.4. The van der Waals surface area contributed by atoms with Gasteiger partial charge in [0.15, 0.2) is 0 Å². The lowest BCUT2D eigenvalue weighted by Crippen LogP contribution is -2.22. The van der Waals surface area contributed by atoms with E-state index < -0.39 is 0 Å². The van der Waals surface area contributed by atoms with Gasteiger partial charge >= 0.3 is 5.97 Å². The second kappa shape index (κ2) is 11.0. The van der Waals surface area contributed by atoms with Crippen molar-refractivity contribution in [2.75, 3.05) is 4.90 Å². The summed E-state index contributed by atoms with van der Waals surface area (Å²) in [5.74, 6) is -0.367. The van der Waals surface area contributed by atoms with Gasteiger partial charge in [-0.2, -0.15) is 0 Å². The Morgan fingerprint density at radius 1 is 0.667 bits per heavy atom. The molecule has 0 unspecified atom stereocenters. The summed E-state index contributed by atoms with van der Waals surface area (Å²) < 4.78 is 10.4. The van der Waals surface area contributed by atoms with Crippen LogP contribution in [0.15, 0.2) is 121 Å². The van der Waals surface area contributed by atoms with Gasteiger partial charge in [0.05, 0.1) is 0 Å². The van der Waals surface area contributed by atoms with Gasteiger partial charge in [0.25, 0.3) is 0 Å². The molecular formula is C40H35N3O2. The molecule has 0 fully saturated rings. The number of esters is 1. The third-order valence-electron chi connectivity index (χ3n) is 9.20. The molecule has 0 N–H and O–H groups in total. The number of carbonyl (C=O) groups excluding carboxylic acids is 1. The molecule has 7 aromatic rings. The van der Waals surface area contributed by atoms with E-state index in [1.54, 1.807) is 6.92 Å². The van der Waals surface area contributed by atoms with E-state index in [4.69, 9.17) is 4.74 Å². The highest BCUT2D eigenvalue weighted by atomic mass is 16.5. The fourth-order valence-corrected chi connectivity index (χ4v) is 7.02. The molecule has 11 rings (SSSR count). The number of rotatable bonds is 4. The van der Waals surface area contributed by atoms with Gasteiger partial charge < -0.3 is 18.8 Å². The number of nitrogens with zero attached hydrogens (tertiary/aromatic N) is 3. The molecule has 0 spiro atoms. The van der Waals surface area contributed by atoms with Crippen molar-refractivity contribution in [2.45, 2.75) is 46.1 Å². The summed E-state index contributed by atoms with van der Waals surface area (Å²) in [7, 11) is 0. The maximum atomic E-state index is 11.9. The Hall–Kier alpha value is -5.29. The Kier molecular flexibility index (Phi) is 6.67. The van der Waals surface area contributed by atoms with Crippen LogP contribution in [-0.4, -0.2) is 15.1 Å². The van der Waals surface area contributed by atoms with Gasteiger partial charge in [-0.3, -0.25) is 0 Å². The number of hydrogen-bond donors (Lipinski definition) is 0. The monoisotopic (exact) mass is 589 g/mol. The predicted octanol–water partition coefficient (Wildman–Crippen LogP) is 9.13. The first kappa shape index (κ1) is 27.3. The van der Waals surface area contributed by atoms with E-state index in [2.05, 4.69) is 118 Å². The summed E-state index contributed by atoms with van der Waals surface area (Å²) in [5.41, 5.74) is 10.2. The van der Waals surface area contributed by atoms with Gasteiger partial charge in [0.1, 0.15) is 6.61 Å². The highest BCUT2D eigenvalue weighted by Crippen LogP contribution is 2.34. The summed E-state index contributed by atoms with van der Waals surface area (Å²) >= 11 is 0. The zero-order valence-corrected chi connectivity index (χ0v) is 25.5. The normalized spacial score (nSPS) is 13.7. The van der Waals surface area contributed by atoms with Crippen molar-refractivity contribution in [2.24, 2.45) is 0 Å². The Balaban J connectivity index is 1.25. The van der Waals surface area contributed by atoms with Crippen LogP contribution in [0.2, 0.25) is 0 Å². The molecule has 0 saturated carbocycles. The standard InChI is InChI=1S/C40H35N3O2/c1-27(2)40(44)45-26-28-12-16-31(17-13-28)41-24-29-14-18-38-34(22-29)32-8-3-5-10-36(32)42(38)20-7-21-43-37-11-6-4-9-33(37)35-23-30(25-41)15-19-39(35)43/h3-6,8-19,22-23H,1,7,20-21,24-26H2,2H3. The first-order valence-electron chi connectivity index (χ1n) is 15.7. The summed E-state index contributed by atoms with van der Waals surface area (Å²) in [6, 6.07) is 39.9. The van der Waals surface area contributed by atoms with Crippen molar-refractivity contribution in [1.29, 1.82) is 0 Å². The third kappa shape index (κ3) is 4.85. The Bertz CT molecular complexity index is 2130. The van der Waals surface area contributed by atoms with Crippen LogP contribution in [0.5, 0.6) is 0 Å². The van der Waals surface area contributed by atoms with Gasteiger partial charge in [0.2, 0.25) is 0 Å². The Morgan fingerprint density at radius 3 is 1.71 bits per heavy atom. The van der Waals surface area contributed by atoms with E-state index in [-0.39, 0.29) is 12.6 Å². The van der Waals surface area contributed by atoms with Crippen LogP contribution in [-0.2, 0) is 42.3 Å². The van der Waals surface area contributed by atoms with Crippen molar-refractivity contribution >= 4 is 55.3 Å². The fourth-order valence-electron chi connectivity index (χ4n) is 7.02. The quantitative estimate of drug-likeness (QED) is 0.152. The Morgan fingerprint density at radius 2 is 1.18 bits per heavy atom. The maximum absolute atomic E-state index is 11.9. The van der Waals surface area contributed by atoms with E-state index in [1.165, 1.54) is 54.7 Å². The van der Waals surface area contributed by atoms with Crippen LogP contribution >= 0.6 is 0 Å². The minimum absolute atomic E-state index is 0.230. The second-order valence-corrected chi connectivity index (χ2v) is 12.3.